The summed E-state index contributed by atoms with van der Waals surface area (Å²) in [6.07, 6.45) is 2.07. The van der Waals surface area contributed by atoms with Gasteiger partial charge >= 0.3 is 0 Å². The minimum atomic E-state index is 0.753. The van der Waals surface area contributed by atoms with Crippen LogP contribution >= 0.6 is 0 Å². The summed E-state index contributed by atoms with van der Waals surface area (Å²) in [5, 5.41) is 3.16. The third kappa shape index (κ3) is 5.20. The van der Waals surface area contributed by atoms with E-state index in [0.29, 0.717) is 0 Å². The fraction of sp³-hybridized carbons (Fsp3) is 0.571. The standard InChI is InChI=1S/C14H23NO2/c1-12-6-7-14(13(10-12)11-15-2)17-9-5-4-8-16-3/h6-7,10,15H,4-5,8-9,11H2,1-3H3. The molecule has 0 aliphatic heterocycles. The number of benzene rings is 1. The molecular weight excluding hydrogens is 214 g/mol. The molecule has 0 saturated carbocycles. The van der Waals surface area contributed by atoms with Gasteiger partial charge in [0, 0.05) is 25.8 Å². The number of hydrogen-bond acceptors (Lipinski definition) is 3. The fourth-order valence-electron chi connectivity index (χ4n) is 1.71. The monoisotopic (exact) mass is 237 g/mol. The Labute approximate surface area is 104 Å². The van der Waals surface area contributed by atoms with Crippen molar-refractivity contribution in [2.75, 3.05) is 27.4 Å². The number of methoxy groups -OCH3 is 1. The molecule has 0 saturated heterocycles. The smallest absolute Gasteiger partial charge is 0.123 e. The first-order chi connectivity index (χ1) is 8.27. The molecule has 0 atom stereocenters. The highest BCUT2D eigenvalue weighted by atomic mass is 16.5. The van der Waals surface area contributed by atoms with Gasteiger partial charge in [0.25, 0.3) is 0 Å². The van der Waals surface area contributed by atoms with Crippen LogP contribution in [-0.4, -0.2) is 27.4 Å². The Bertz CT molecular complexity index is 326. The lowest BCUT2D eigenvalue weighted by atomic mass is 10.1. The minimum absolute atomic E-state index is 0.753. The van der Waals surface area contributed by atoms with Crippen LogP contribution in [-0.2, 0) is 11.3 Å². The first kappa shape index (κ1) is 14.0. The van der Waals surface area contributed by atoms with Crippen molar-refractivity contribution < 1.29 is 9.47 Å². The highest BCUT2D eigenvalue weighted by Crippen LogP contribution is 2.20. The van der Waals surface area contributed by atoms with E-state index in [1.807, 2.05) is 7.05 Å². The largest absolute Gasteiger partial charge is 0.493 e. The number of unbranched alkanes of at least 4 members (excludes halogenated alkanes) is 1. The highest BCUT2D eigenvalue weighted by molar-refractivity contribution is 5.36. The van der Waals surface area contributed by atoms with Crippen LogP contribution in [0.4, 0.5) is 0 Å². The third-order valence-corrected chi connectivity index (χ3v) is 2.58. The molecule has 1 aromatic carbocycles. The zero-order chi connectivity index (χ0) is 12.5. The Hall–Kier alpha value is -1.06. The molecule has 17 heavy (non-hydrogen) atoms. The van der Waals surface area contributed by atoms with E-state index in [1.165, 1.54) is 11.1 Å². The van der Waals surface area contributed by atoms with Crippen molar-refractivity contribution in [1.29, 1.82) is 0 Å². The van der Waals surface area contributed by atoms with Gasteiger partial charge in [-0.1, -0.05) is 17.7 Å². The van der Waals surface area contributed by atoms with E-state index in [9.17, 15) is 0 Å². The number of rotatable bonds is 8. The summed E-state index contributed by atoms with van der Waals surface area (Å²) >= 11 is 0. The van der Waals surface area contributed by atoms with Gasteiger partial charge in [0.1, 0.15) is 5.75 Å². The van der Waals surface area contributed by atoms with Crippen LogP contribution in [0.25, 0.3) is 0 Å². The van der Waals surface area contributed by atoms with E-state index < -0.39 is 0 Å². The summed E-state index contributed by atoms with van der Waals surface area (Å²) in [4.78, 5) is 0. The van der Waals surface area contributed by atoms with Crippen molar-refractivity contribution in [2.45, 2.75) is 26.3 Å². The van der Waals surface area contributed by atoms with E-state index in [-0.39, 0.29) is 0 Å². The minimum Gasteiger partial charge on any atom is -0.493 e. The molecule has 96 valence electrons. The summed E-state index contributed by atoms with van der Waals surface area (Å²) in [5.74, 6) is 0.988. The molecule has 0 spiro atoms. The first-order valence-corrected chi connectivity index (χ1v) is 6.13. The van der Waals surface area contributed by atoms with Crippen LogP contribution < -0.4 is 10.1 Å². The average molecular weight is 237 g/mol. The number of ether oxygens (including phenoxy) is 2. The van der Waals surface area contributed by atoms with Crippen molar-refractivity contribution in [3.8, 4) is 5.75 Å². The van der Waals surface area contributed by atoms with Gasteiger partial charge in [0.2, 0.25) is 0 Å². The topological polar surface area (TPSA) is 30.5 Å². The summed E-state index contributed by atoms with van der Waals surface area (Å²) in [7, 11) is 3.68. The van der Waals surface area contributed by atoms with Crippen molar-refractivity contribution in [1.82, 2.24) is 5.32 Å². The lowest BCUT2D eigenvalue weighted by Crippen LogP contribution is -2.08. The predicted molar refractivity (Wildman–Crippen MR) is 70.5 cm³/mol. The van der Waals surface area contributed by atoms with E-state index >= 15 is 0 Å². The molecule has 3 nitrogen and oxygen atoms in total. The zero-order valence-corrected chi connectivity index (χ0v) is 11.1. The molecule has 1 aromatic rings. The van der Waals surface area contributed by atoms with E-state index in [2.05, 4.69) is 30.4 Å². The molecule has 0 aliphatic rings. The molecule has 0 unspecified atom stereocenters. The Morgan fingerprint density at radius 2 is 1.94 bits per heavy atom. The van der Waals surface area contributed by atoms with Gasteiger partial charge in [-0.2, -0.15) is 0 Å². The Balaban J connectivity index is 2.45. The average Bonchev–Trinajstić information content (AvgIpc) is 2.32. The van der Waals surface area contributed by atoms with Crippen LogP contribution in [0.1, 0.15) is 24.0 Å². The quantitative estimate of drug-likeness (QED) is 0.705. The first-order valence-electron chi connectivity index (χ1n) is 6.13. The molecule has 1 rings (SSSR count). The molecule has 0 fully saturated rings. The maximum absolute atomic E-state index is 5.80. The second kappa shape index (κ2) is 8.09. The fourth-order valence-corrected chi connectivity index (χ4v) is 1.71. The molecule has 1 N–H and O–H groups in total. The summed E-state index contributed by atoms with van der Waals surface area (Å²) < 4.78 is 10.8. The Kier molecular flexibility index (Phi) is 6.67. The number of hydrogen-bond donors (Lipinski definition) is 1. The maximum atomic E-state index is 5.80. The molecule has 0 bridgehead atoms. The van der Waals surface area contributed by atoms with Gasteiger partial charge in [-0.15, -0.1) is 0 Å². The maximum Gasteiger partial charge on any atom is 0.123 e. The summed E-state index contributed by atoms with van der Waals surface area (Å²) in [6.45, 7) is 4.50. The van der Waals surface area contributed by atoms with Crippen molar-refractivity contribution in [3.63, 3.8) is 0 Å². The van der Waals surface area contributed by atoms with Crippen LogP contribution in [0.15, 0.2) is 18.2 Å². The Morgan fingerprint density at radius 3 is 2.65 bits per heavy atom. The van der Waals surface area contributed by atoms with Crippen LogP contribution in [0.3, 0.4) is 0 Å². The number of aryl methyl sites for hydroxylation is 1. The molecule has 3 heteroatoms. The van der Waals surface area contributed by atoms with Crippen LogP contribution in [0.5, 0.6) is 5.75 Å². The van der Waals surface area contributed by atoms with Gasteiger partial charge in [0.05, 0.1) is 6.61 Å². The lowest BCUT2D eigenvalue weighted by molar-refractivity contribution is 0.184. The Morgan fingerprint density at radius 1 is 1.18 bits per heavy atom. The van der Waals surface area contributed by atoms with E-state index in [1.54, 1.807) is 7.11 Å². The van der Waals surface area contributed by atoms with Gasteiger partial charge < -0.3 is 14.8 Å². The molecule has 0 heterocycles. The SMILES string of the molecule is CNCc1cc(C)ccc1OCCCCOC. The molecule has 0 aromatic heterocycles. The van der Waals surface area contributed by atoms with Crippen LogP contribution in [0, 0.1) is 6.92 Å². The number of nitrogens with one attached hydrogen (secondary N) is 1. The van der Waals surface area contributed by atoms with Gasteiger partial charge in [-0.25, -0.2) is 0 Å². The van der Waals surface area contributed by atoms with Crippen molar-refractivity contribution >= 4 is 0 Å². The summed E-state index contributed by atoms with van der Waals surface area (Å²) in [6, 6.07) is 6.31. The molecule has 0 radical (unpaired) electrons. The predicted octanol–water partition coefficient (Wildman–Crippen LogP) is 2.52. The van der Waals surface area contributed by atoms with Gasteiger partial charge in [-0.05, 0) is 32.9 Å². The summed E-state index contributed by atoms with van der Waals surface area (Å²) in [5.41, 5.74) is 2.49. The van der Waals surface area contributed by atoms with Crippen LogP contribution in [0.2, 0.25) is 0 Å². The molecular formula is C14H23NO2. The second-order valence-corrected chi connectivity index (χ2v) is 4.19. The van der Waals surface area contributed by atoms with E-state index in [4.69, 9.17) is 9.47 Å². The highest BCUT2D eigenvalue weighted by Gasteiger charge is 2.03. The van der Waals surface area contributed by atoms with E-state index in [0.717, 1.165) is 38.3 Å². The van der Waals surface area contributed by atoms with Gasteiger partial charge in [0.15, 0.2) is 0 Å². The third-order valence-electron chi connectivity index (χ3n) is 2.58. The zero-order valence-electron chi connectivity index (χ0n) is 11.1. The molecule has 0 amide bonds. The van der Waals surface area contributed by atoms with Crippen molar-refractivity contribution in [2.24, 2.45) is 0 Å². The lowest BCUT2D eigenvalue weighted by Gasteiger charge is -2.12. The van der Waals surface area contributed by atoms with Gasteiger partial charge in [-0.3, -0.25) is 0 Å². The van der Waals surface area contributed by atoms with Crippen molar-refractivity contribution in [3.05, 3.63) is 29.3 Å². The second-order valence-electron chi connectivity index (χ2n) is 4.19. The molecule has 0 aliphatic carbocycles. The normalized spacial score (nSPS) is 10.5.